The van der Waals surface area contributed by atoms with Crippen LogP contribution in [0.4, 0.5) is 11.4 Å². The Hall–Kier alpha value is -2.75. The van der Waals surface area contributed by atoms with Crippen LogP contribution in [0.25, 0.3) is 0 Å². The van der Waals surface area contributed by atoms with E-state index in [1.165, 1.54) is 17.5 Å². The van der Waals surface area contributed by atoms with E-state index >= 15 is 0 Å². The number of carbonyl (C=O) groups is 1. The summed E-state index contributed by atoms with van der Waals surface area (Å²) in [6.45, 7) is 8.08. The SMILES string of the molecule is C=CC(=O)NCc1ccc(N2CCN(c3ccccc3)CC2)cc1. The molecule has 0 atom stereocenters. The van der Waals surface area contributed by atoms with E-state index in [0.717, 1.165) is 31.7 Å². The molecule has 3 rings (SSSR count). The van der Waals surface area contributed by atoms with Gasteiger partial charge < -0.3 is 15.1 Å². The largest absolute Gasteiger partial charge is 0.368 e. The smallest absolute Gasteiger partial charge is 0.243 e. The summed E-state index contributed by atoms with van der Waals surface area (Å²) in [7, 11) is 0. The summed E-state index contributed by atoms with van der Waals surface area (Å²) in [6, 6.07) is 19.0. The molecule has 4 heteroatoms. The summed E-state index contributed by atoms with van der Waals surface area (Å²) >= 11 is 0. The number of anilines is 2. The van der Waals surface area contributed by atoms with Crippen molar-refractivity contribution in [1.29, 1.82) is 0 Å². The van der Waals surface area contributed by atoms with Crippen LogP contribution in [0.2, 0.25) is 0 Å². The van der Waals surface area contributed by atoms with E-state index in [0.29, 0.717) is 6.54 Å². The van der Waals surface area contributed by atoms with Gasteiger partial charge in [-0.25, -0.2) is 0 Å². The highest BCUT2D eigenvalue weighted by Gasteiger charge is 2.17. The Labute approximate surface area is 143 Å². The molecule has 4 nitrogen and oxygen atoms in total. The van der Waals surface area contributed by atoms with Crippen molar-refractivity contribution in [2.45, 2.75) is 6.54 Å². The second-order valence-electron chi connectivity index (χ2n) is 5.90. The van der Waals surface area contributed by atoms with Gasteiger partial charge in [0.25, 0.3) is 0 Å². The Morgan fingerprint density at radius 2 is 1.46 bits per heavy atom. The van der Waals surface area contributed by atoms with Crippen molar-refractivity contribution in [2.75, 3.05) is 36.0 Å². The molecule has 0 bridgehead atoms. The fourth-order valence-corrected chi connectivity index (χ4v) is 2.95. The van der Waals surface area contributed by atoms with E-state index in [-0.39, 0.29) is 5.91 Å². The summed E-state index contributed by atoms with van der Waals surface area (Å²) in [5.74, 6) is -0.142. The maximum absolute atomic E-state index is 11.2. The topological polar surface area (TPSA) is 35.6 Å². The van der Waals surface area contributed by atoms with Crippen LogP contribution in [-0.4, -0.2) is 32.1 Å². The minimum absolute atomic E-state index is 0.142. The lowest BCUT2D eigenvalue weighted by molar-refractivity contribution is -0.116. The van der Waals surface area contributed by atoms with Crippen LogP contribution in [0.5, 0.6) is 0 Å². The fraction of sp³-hybridized carbons (Fsp3) is 0.250. The molecule has 0 saturated carbocycles. The molecule has 1 amide bonds. The molecular formula is C20H23N3O. The molecule has 0 spiro atoms. The van der Waals surface area contributed by atoms with E-state index in [1.54, 1.807) is 0 Å². The summed E-state index contributed by atoms with van der Waals surface area (Å²) in [5.41, 5.74) is 3.63. The highest BCUT2D eigenvalue weighted by molar-refractivity contribution is 5.86. The Morgan fingerprint density at radius 1 is 0.917 bits per heavy atom. The van der Waals surface area contributed by atoms with Crippen molar-refractivity contribution in [3.8, 4) is 0 Å². The van der Waals surface area contributed by atoms with E-state index in [4.69, 9.17) is 0 Å². The Morgan fingerprint density at radius 3 is 2.00 bits per heavy atom. The van der Waals surface area contributed by atoms with Crippen LogP contribution in [0.3, 0.4) is 0 Å². The van der Waals surface area contributed by atoms with Gasteiger partial charge in [-0.1, -0.05) is 36.9 Å². The molecule has 1 fully saturated rings. The number of benzene rings is 2. The molecule has 24 heavy (non-hydrogen) atoms. The molecule has 1 N–H and O–H groups in total. The molecule has 1 aliphatic heterocycles. The van der Waals surface area contributed by atoms with Gasteiger partial charge in [-0.3, -0.25) is 4.79 Å². The molecule has 124 valence electrons. The Kier molecular flexibility index (Phi) is 5.16. The van der Waals surface area contributed by atoms with Gasteiger partial charge in [0.15, 0.2) is 0 Å². The third kappa shape index (κ3) is 3.96. The first kappa shape index (κ1) is 16.1. The van der Waals surface area contributed by atoms with Gasteiger partial charge >= 0.3 is 0 Å². The minimum Gasteiger partial charge on any atom is -0.368 e. The molecule has 1 aliphatic rings. The lowest BCUT2D eigenvalue weighted by Gasteiger charge is -2.37. The zero-order valence-electron chi connectivity index (χ0n) is 13.8. The van der Waals surface area contributed by atoms with Crippen molar-refractivity contribution >= 4 is 17.3 Å². The number of para-hydroxylation sites is 1. The molecule has 0 aromatic heterocycles. The van der Waals surface area contributed by atoms with E-state index in [1.807, 2.05) is 0 Å². The molecule has 0 unspecified atom stereocenters. The molecule has 0 radical (unpaired) electrons. The van der Waals surface area contributed by atoms with Crippen molar-refractivity contribution < 1.29 is 4.79 Å². The number of amides is 1. The summed E-state index contributed by atoms with van der Waals surface area (Å²) in [5, 5.41) is 2.79. The van der Waals surface area contributed by atoms with Gasteiger partial charge in [-0.2, -0.15) is 0 Å². The number of piperazine rings is 1. The minimum atomic E-state index is -0.142. The Bertz CT molecular complexity index is 674. The summed E-state index contributed by atoms with van der Waals surface area (Å²) in [4.78, 5) is 16.0. The normalized spacial score (nSPS) is 14.3. The predicted octanol–water partition coefficient (Wildman–Crippen LogP) is 2.82. The average Bonchev–Trinajstić information content (AvgIpc) is 2.67. The number of hydrogen-bond donors (Lipinski definition) is 1. The third-order valence-corrected chi connectivity index (χ3v) is 4.35. The van der Waals surface area contributed by atoms with E-state index in [9.17, 15) is 4.79 Å². The van der Waals surface area contributed by atoms with Crippen molar-refractivity contribution in [2.24, 2.45) is 0 Å². The monoisotopic (exact) mass is 321 g/mol. The van der Waals surface area contributed by atoms with E-state index < -0.39 is 0 Å². The quantitative estimate of drug-likeness (QED) is 0.860. The van der Waals surface area contributed by atoms with Crippen molar-refractivity contribution in [3.05, 3.63) is 72.8 Å². The van der Waals surface area contributed by atoms with Gasteiger partial charge in [0.05, 0.1) is 0 Å². The van der Waals surface area contributed by atoms with E-state index in [2.05, 4.69) is 76.3 Å². The van der Waals surface area contributed by atoms with Gasteiger partial charge in [0, 0.05) is 44.1 Å². The van der Waals surface area contributed by atoms with Crippen LogP contribution in [0.15, 0.2) is 67.3 Å². The first-order chi connectivity index (χ1) is 11.8. The molecule has 2 aromatic rings. The van der Waals surface area contributed by atoms with Crippen LogP contribution in [0.1, 0.15) is 5.56 Å². The zero-order chi connectivity index (χ0) is 16.8. The van der Waals surface area contributed by atoms with Gasteiger partial charge in [0.2, 0.25) is 5.91 Å². The third-order valence-electron chi connectivity index (χ3n) is 4.35. The van der Waals surface area contributed by atoms with Crippen molar-refractivity contribution in [3.63, 3.8) is 0 Å². The van der Waals surface area contributed by atoms with Gasteiger partial charge in [-0.05, 0) is 35.9 Å². The highest BCUT2D eigenvalue weighted by Crippen LogP contribution is 2.20. The number of nitrogens with one attached hydrogen (secondary N) is 1. The Balaban J connectivity index is 1.54. The van der Waals surface area contributed by atoms with Crippen LogP contribution in [0, 0.1) is 0 Å². The molecule has 1 heterocycles. The standard InChI is InChI=1S/C20H23N3O/c1-2-20(24)21-16-17-8-10-19(11-9-17)23-14-12-22(13-15-23)18-6-4-3-5-7-18/h2-11H,1,12-16H2,(H,21,24). The summed E-state index contributed by atoms with van der Waals surface area (Å²) < 4.78 is 0. The lowest BCUT2D eigenvalue weighted by Crippen LogP contribution is -2.46. The molecule has 0 aliphatic carbocycles. The maximum Gasteiger partial charge on any atom is 0.243 e. The first-order valence-electron chi connectivity index (χ1n) is 8.30. The maximum atomic E-state index is 11.2. The number of nitrogens with zero attached hydrogens (tertiary/aromatic N) is 2. The average molecular weight is 321 g/mol. The molecule has 1 saturated heterocycles. The first-order valence-corrected chi connectivity index (χ1v) is 8.30. The molecular weight excluding hydrogens is 298 g/mol. The number of hydrogen-bond acceptors (Lipinski definition) is 3. The number of rotatable bonds is 5. The van der Waals surface area contributed by atoms with Crippen LogP contribution in [-0.2, 0) is 11.3 Å². The second kappa shape index (κ2) is 7.68. The summed E-state index contributed by atoms with van der Waals surface area (Å²) in [6.07, 6.45) is 1.29. The predicted molar refractivity (Wildman–Crippen MR) is 99.4 cm³/mol. The lowest BCUT2D eigenvalue weighted by atomic mass is 10.1. The number of carbonyl (C=O) groups excluding carboxylic acids is 1. The fourth-order valence-electron chi connectivity index (χ4n) is 2.95. The van der Waals surface area contributed by atoms with Gasteiger partial charge in [-0.15, -0.1) is 0 Å². The van der Waals surface area contributed by atoms with Crippen molar-refractivity contribution in [1.82, 2.24) is 5.32 Å². The van der Waals surface area contributed by atoms with Crippen LogP contribution < -0.4 is 15.1 Å². The van der Waals surface area contributed by atoms with Crippen LogP contribution >= 0.6 is 0 Å². The highest BCUT2D eigenvalue weighted by atomic mass is 16.1. The zero-order valence-corrected chi connectivity index (χ0v) is 13.8. The molecule has 2 aromatic carbocycles. The second-order valence-corrected chi connectivity index (χ2v) is 5.90. The van der Waals surface area contributed by atoms with Gasteiger partial charge in [0.1, 0.15) is 0 Å².